The number of carbonyl (C=O) groups is 3. The van der Waals surface area contributed by atoms with E-state index in [0.29, 0.717) is 24.0 Å². The summed E-state index contributed by atoms with van der Waals surface area (Å²) in [6.07, 6.45) is 3.61. The molecular formula is C28H29NO4. The lowest BCUT2D eigenvalue weighted by Gasteiger charge is -2.19. The number of Topliss-reactive ketones (excluding diaryl/α,β-unsaturated/α-hetero) is 2. The van der Waals surface area contributed by atoms with Gasteiger partial charge in [0.2, 0.25) is 0 Å². The second kappa shape index (κ2) is 12.3. The van der Waals surface area contributed by atoms with Gasteiger partial charge < -0.3 is 10.1 Å². The maximum Gasteiger partial charge on any atom is 0.337 e. The first-order chi connectivity index (χ1) is 16.1. The summed E-state index contributed by atoms with van der Waals surface area (Å²) in [4.78, 5) is 37.1. The molecule has 0 fully saturated rings. The smallest absolute Gasteiger partial charge is 0.337 e. The van der Waals surface area contributed by atoms with Crippen molar-refractivity contribution in [3.05, 3.63) is 102 Å². The van der Waals surface area contributed by atoms with Crippen LogP contribution in [0.4, 0.5) is 5.69 Å². The van der Waals surface area contributed by atoms with Gasteiger partial charge in [-0.3, -0.25) is 9.59 Å². The largest absolute Gasteiger partial charge is 0.465 e. The van der Waals surface area contributed by atoms with E-state index < -0.39 is 12.0 Å². The van der Waals surface area contributed by atoms with Crippen LogP contribution in [0.5, 0.6) is 0 Å². The fraction of sp³-hybridized carbons (Fsp3) is 0.250. The van der Waals surface area contributed by atoms with Gasteiger partial charge in [-0.2, -0.15) is 0 Å². The van der Waals surface area contributed by atoms with Crippen molar-refractivity contribution in [2.45, 2.75) is 38.1 Å². The summed E-state index contributed by atoms with van der Waals surface area (Å²) in [5, 5.41) is 3.32. The molecule has 33 heavy (non-hydrogen) atoms. The van der Waals surface area contributed by atoms with E-state index in [1.807, 2.05) is 60.7 Å². The molecule has 0 radical (unpaired) electrons. The standard InChI is InChI=1S/C28H29NO4/c1-33-28(32)23-17-19-24(20-18-23)29-25(27(31)22-13-7-3-8-14-22)15-9-4-10-16-26(30)21-11-5-2-6-12-21/h2-3,5-8,11-14,17-20,25,29H,4,9-10,15-16H2,1H3. The molecule has 5 heteroatoms. The lowest BCUT2D eigenvalue weighted by atomic mass is 9.97. The summed E-state index contributed by atoms with van der Waals surface area (Å²) in [5.41, 5.74) is 2.61. The molecule has 1 N–H and O–H groups in total. The van der Waals surface area contributed by atoms with Crippen LogP contribution in [0.2, 0.25) is 0 Å². The van der Waals surface area contributed by atoms with Crippen molar-refractivity contribution >= 4 is 23.2 Å². The minimum absolute atomic E-state index is 0.0213. The van der Waals surface area contributed by atoms with Gasteiger partial charge in [-0.25, -0.2) is 4.79 Å². The fourth-order valence-electron chi connectivity index (χ4n) is 3.67. The summed E-state index contributed by atoms with van der Waals surface area (Å²) in [6, 6.07) is 25.0. The fourth-order valence-corrected chi connectivity index (χ4v) is 3.67. The lowest BCUT2D eigenvalue weighted by Crippen LogP contribution is -2.29. The number of hydrogen-bond acceptors (Lipinski definition) is 5. The van der Waals surface area contributed by atoms with E-state index in [1.54, 1.807) is 24.3 Å². The van der Waals surface area contributed by atoms with Crippen molar-refractivity contribution in [1.29, 1.82) is 0 Å². The molecule has 1 unspecified atom stereocenters. The average molecular weight is 444 g/mol. The molecule has 0 bridgehead atoms. The third-order valence-corrected chi connectivity index (χ3v) is 5.51. The molecule has 3 aromatic rings. The third kappa shape index (κ3) is 7.14. The van der Waals surface area contributed by atoms with Crippen LogP contribution in [0.25, 0.3) is 0 Å². The molecule has 5 nitrogen and oxygen atoms in total. The normalized spacial score (nSPS) is 11.4. The highest BCUT2D eigenvalue weighted by Crippen LogP contribution is 2.18. The van der Waals surface area contributed by atoms with Gasteiger partial charge in [-0.1, -0.05) is 73.5 Å². The number of methoxy groups -OCH3 is 1. The Morgan fingerprint density at radius 3 is 1.94 bits per heavy atom. The van der Waals surface area contributed by atoms with Crippen molar-refractivity contribution < 1.29 is 19.1 Å². The molecule has 0 aliphatic rings. The first kappa shape index (κ1) is 23.9. The van der Waals surface area contributed by atoms with E-state index in [-0.39, 0.29) is 11.6 Å². The Bertz CT molecular complexity index is 1050. The topological polar surface area (TPSA) is 72.5 Å². The molecule has 0 aliphatic carbocycles. The van der Waals surface area contributed by atoms with Crippen LogP contribution in [0, 0.1) is 0 Å². The number of rotatable bonds is 12. The number of ether oxygens (including phenoxy) is 1. The number of benzene rings is 3. The number of unbranched alkanes of at least 4 members (excludes halogenated alkanes) is 2. The Hall–Kier alpha value is -3.73. The SMILES string of the molecule is COC(=O)c1ccc(NC(CCCCCC(=O)c2ccccc2)C(=O)c2ccccc2)cc1. The van der Waals surface area contributed by atoms with E-state index in [1.165, 1.54) is 7.11 Å². The zero-order valence-electron chi connectivity index (χ0n) is 18.8. The summed E-state index contributed by atoms with van der Waals surface area (Å²) < 4.78 is 4.74. The summed E-state index contributed by atoms with van der Waals surface area (Å²) >= 11 is 0. The van der Waals surface area contributed by atoms with Gasteiger partial charge in [0, 0.05) is 23.2 Å². The third-order valence-electron chi connectivity index (χ3n) is 5.51. The number of esters is 1. The Morgan fingerprint density at radius 1 is 0.727 bits per heavy atom. The highest BCUT2D eigenvalue weighted by Gasteiger charge is 2.20. The van der Waals surface area contributed by atoms with Gasteiger partial charge >= 0.3 is 5.97 Å². The average Bonchev–Trinajstić information content (AvgIpc) is 2.88. The van der Waals surface area contributed by atoms with Crippen LogP contribution in [0.15, 0.2) is 84.9 Å². The van der Waals surface area contributed by atoms with Crippen LogP contribution in [-0.4, -0.2) is 30.7 Å². The highest BCUT2D eigenvalue weighted by atomic mass is 16.5. The number of anilines is 1. The van der Waals surface area contributed by atoms with Crippen molar-refractivity contribution in [3.8, 4) is 0 Å². The van der Waals surface area contributed by atoms with Gasteiger partial charge in [0.25, 0.3) is 0 Å². The molecule has 1 atom stereocenters. The first-order valence-corrected chi connectivity index (χ1v) is 11.2. The van der Waals surface area contributed by atoms with Crippen LogP contribution >= 0.6 is 0 Å². The van der Waals surface area contributed by atoms with Gasteiger partial charge in [0.05, 0.1) is 18.7 Å². The van der Waals surface area contributed by atoms with Gasteiger partial charge in [-0.05, 0) is 37.1 Å². The van der Waals surface area contributed by atoms with Crippen LogP contribution in [0.3, 0.4) is 0 Å². The maximum atomic E-state index is 13.1. The van der Waals surface area contributed by atoms with Crippen LogP contribution < -0.4 is 5.32 Å². The molecule has 0 saturated heterocycles. The van der Waals surface area contributed by atoms with E-state index in [0.717, 1.165) is 30.5 Å². The summed E-state index contributed by atoms with van der Waals surface area (Å²) in [7, 11) is 1.34. The quantitative estimate of drug-likeness (QED) is 0.212. The molecule has 0 aliphatic heterocycles. The Labute approximate surface area is 194 Å². The molecule has 0 aromatic heterocycles. The first-order valence-electron chi connectivity index (χ1n) is 11.2. The number of ketones is 2. The number of carbonyl (C=O) groups excluding carboxylic acids is 3. The van der Waals surface area contributed by atoms with Crippen molar-refractivity contribution in [2.75, 3.05) is 12.4 Å². The highest BCUT2D eigenvalue weighted by molar-refractivity contribution is 6.01. The van der Waals surface area contributed by atoms with Crippen LogP contribution in [0.1, 0.15) is 63.2 Å². The van der Waals surface area contributed by atoms with Crippen molar-refractivity contribution in [1.82, 2.24) is 0 Å². The lowest BCUT2D eigenvalue weighted by molar-refractivity contribution is 0.0600. The maximum absolute atomic E-state index is 13.1. The monoisotopic (exact) mass is 443 g/mol. The van der Waals surface area contributed by atoms with E-state index in [4.69, 9.17) is 4.74 Å². The second-order valence-corrected chi connectivity index (χ2v) is 7.88. The Morgan fingerprint density at radius 2 is 1.33 bits per heavy atom. The number of hydrogen-bond donors (Lipinski definition) is 1. The predicted octanol–water partition coefficient (Wildman–Crippen LogP) is 5.97. The molecule has 3 aromatic carbocycles. The molecule has 0 spiro atoms. The molecule has 0 saturated carbocycles. The van der Waals surface area contributed by atoms with Crippen LogP contribution in [-0.2, 0) is 4.74 Å². The van der Waals surface area contributed by atoms with Crippen molar-refractivity contribution in [2.24, 2.45) is 0 Å². The zero-order chi connectivity index (χ0) is 23.5. The van der Waals surface area contributed by atoms with Gasteiger partial charge in [0.15, 0.2) is 11.6 Å². The van der Waals surface area contributed by atoms with Gasteiger partial charge in [-0.15, -0.1) is 0 Å². The zero-order valence-corrected chi connectivity index (χ0v) is 18.8. The Balaban J connectivity index is 1.58. The predicted molar refractivity (Wildman–Crippen MR) is 130 cm³/mol. The van der Waals surface area contributed by atoms with Crippen molar-refractivity contribution in [3.63, 3.8) is 0 Å². The van der Waals surface area contributed by atoms with E-state index >= 15 is 0 Å². The van der Waals surface area contributed by atoms with E-state index in [9.17, 15) is 14.4 Å². The Kier molecular flexibility index (Phi) is 8.95. The molecule has 0 amide bonds. The van der Waals surface area contributed by atoms with E-state index in [2.05, 4.69) is 5.32 Å². The minimum atomic E-state index is -0.402. The van der Waals surface area contributed by atoms with Gasteiger partial charge in [0.1, 0.15) is 0 Å². The molecule has 0 heterocycles. The summed E-state index contributed by atoms with van der Waals surface area (Å²) in [5.74, 6) is -0.229. The minimum Gasteiger partial charge on any atom is -0.465 e. The molecule has 3 rings (SSSR count). The molecular weight excluding hydrogens is 414 g/mol. The molecule has 170 valence electrons. The summed E-state index contributed by atoms with van der Waals surface area (Å²) in [6.45, 7) is 0. The second-order valence-electron chi connectivity index (χ2n) is 7.88. The number of nitrogens with one attached hydrogen (secondary N) is 1.